The fraction of sp³-hybridized carbons (Fsp3) is 0.647. The van der Waals surface area contributed by atoms with E-state index in [0.717, 1.165) is 44.9 Å². The van der Waals surface area contributed by atoms with Crippen LogP contribution in [-0.2, 0) is 19.1 Å². The maximum atomic E-state index is 12.8. The molecule has 3 atom stereocenters. The molecule has 0 N–H and O–H groups in total. The van der Waals surface area contributed by atoms with Gasteiger partial charge in [-0.1, -0.05) is 288 Å². The minimum atomic E-state index is -0.142. The Morgan fingerprint density at radius 3 is 1.38 bits per heavy atom. The van der Waals surface area contributed by atoms with Crippen LogP contribution in [0.25, 0.3) is 0 Å². The average molecular weight is 990 g/mol. The lowest BCUT2D eigenvalue weighted by atomic mass is 9.67. The molecule has 0 aromatic heterocycles. The van der Waals surface area contributed by atoms with Crippen molar-refractivity contribution in [2.75, 3.05) is 0 Å². The number of hydrogen-bond donors (Lipinski definition) is 0. The van der Waals surface area contributed by atoms with Crippen molar-refractivity contribution in [1.29, 1.82) is 0 Å². The van der Waals surface area contributed by atoms with Crippen LogP contribution in [0.15, 0.2) is 130 Å². The van der Waals surface area contributed by atoms with Gasteiger partial charge in [0.2, 0.25) is 0 Å². The molecule has 2 rings (SSSR count). The molecule has 0 bridgehead atoms. The molecule has 0 aromatic rings. The fourth-order valence-corrected chi connectivity index (χ4v) is 10.6. The second kappa shape index (κ2) is 37.8. The van der Waals surface area contributed by atoms with Gasteiger partial charge < -0.3 is 9.47 Å². The maximum absolute atomic E-state index is 12.8. The van der Waals surface area contributed by atoms with Gasteiger partial charge in [-0.05, 0) is 89.7 Å². The number of rotatable bonds is 36. The SMILES string of the molecule is CCCCCCCCCCCCCCCC(=O)O[C@H]1C=C(C)[C@H](/C=C/C(C)=C/C=C/C(C)=C/C=C/C=C(C)/C=C/C=C(C)/C=C/C2=C(C)C[C@@H](OC(=O)CCCCCCCCCCC)CC2(C)C)C(C)(C)C1. The number of unbranched alkanes of at least 4 members (excludes halogenated alkanes) is 20. The lowest BCUT2D eigenvalue weighted by Gasteiger charge is -2.40. The highest BCUT2D eigenvalue weighted by Gasteiger charge is 2.37. The molecule has 4 heteroatoms. The topological polar surface area (TPSA) is 52.6 Å². The van der Waals surface area contributed by atoms with Gasteiger partial charge in [0.15, 0.2) is 0 Å². The standard InChI is InChI=1S/C68H108O4/c1-13-15-17-19-21-23-24-25-26-28-30-32-34-46-66(70)72-62-52-60(8)64(68(11,12)54-62)50-48-58(6)44-38-42-56(4)40-36-35-39-55(3)41-37-43-57(5)47-49-63-59(7)51-61(53-67(63,9)10)71-65(69)45-33-31-29-27-22-20-18-16-14-2/h35-44,47-50,52,61-62,64H,13-34,45-46,51,53-54H2,1-12H3/b36-35+,41-37+,42-38+,49-47+,50-48+,55-39+,56-40+,57-43+,58-44+/t61-,62+,64+/m1/s1. The van der Waals surface area contributed by atoms with Gasteiger partial charge in [0.05, 0.1) is 0 Å². The molecule has 2 aliphatic rings. The van der Waals surface area contributed by atoms with E-state index in [1.54, 1.807) is 0 Å². The molecule has 0 saturated carbocycles. The monoisotopic (exact) mass is 989 g/mol. The predicted octanol–water partition coefficient (Wildman–Crippen LogP) is 20.9. The van der Waals surface area contributed by atoms with E-state index < -0.39 is 0 Å². The quantitative estimate of drug-likeness (QED) is 0.0272. The van der Waals surface area contributed by atoms with Crippen LogP contribution in [0.3, 0.4) is 0 Å². The molecule has 404 valence electrons. The van der Waals surface area contributed by atoms with Gasteiger partial charge in [0.1, 0.15) is 12.2 Å². The molecule has 0 spiro atoms. The Morgan fingerprint density at radius 1 is 0.528 bits per heavy atom. The minimum Gasteiger partial charge on any atom is -0.462 e. The van der Waals surface area contributed by atoms with Gasteiger partial charge in [-0.15, -0.1) is 0 Å². The smallest absolute Gasteiger partial charge is 0.306 e. The summed E-state index contributed by atoms with van der Waals surface area (Å²) in [4.78, 5) is 25.5. The molecule has 0 fully saturated rings. The van der Waals surface area contributed by atoms with E-state index in [0.29, 0.717) is 18.8 Å². The molecule has 0 aromatic carbocycles. The van der Waals surface area contributed by atoms with Crippen molar-refractivity contribution >= 4 is 11.9 Å². The molecule has 0 radical (unpaired) electrons. The summed E-state index contributed by atoms with van der Waals surface area (Å²) in [5.74, 6) is 0.220. The van der Waals surface area contributed by atoms with Crippen LogP contribution in [0.1, 0.15) is 256 Å². The van der Waals surface area contributed by atoms with Crippen LogP contribution in [0.4, 0.5) is 0 Å². The molecule has 4 nitrogen and oxygen atoms in total. The summed E-state index contributed by atoms with van der Waals surface area (Å²) in [6.45, 7) is 26.6. The summed E-state index contributed by atoms with van der Waals surface area (Å²) in [5.41, 5.74) is 8.64. The van der Waals surface area contributed by atoms with E-state index in [9.17, 15) is 9.59 Å². The number of carbonyl (C=O) groups excluding carboxylic acids is 2. The van der Waals surface area contributed by atoms with Crippen LogP contribution in [0, 0.1) is 16.7 Å². The van der Waals surface area contributed by atoms with Gasteiger partial charge in [-0.25, -0.2) is 0 Å². The Labute approximate surface area is 444 Å². The van der Waals surface area contributed by atoms with Gasteiger partial charge in [0.25, 0.3) is 0 Å². The average Bonchev–Trinajstić information content (AvgIpc) is 3.30. The van der Waals surface area contributed by atoms with Crippen molar-refractivity contribution in [1.82, 2.24) is 0 Å². The largest absolute Gasteiger partial charge is 0.462 e. The lowest BCUT2D eigenvalue weighted by Crippen LogP contribution is -2.34. The summed E-state index contributed by atoms with van der Waals surface area (Å²) >= 11 is 0. The summed E-state index contributed by atoms with van der Waals surface area (Å²) in [6.07, 6.45) is 64.1. The third kappa shape index (κ3) is 29.7. The summed E-state index contributed by atoms with van der Waals surface area (Å²) in [6, 6.07) is 0. The number of carbonyl (C=O) groups is 2. The zero-order chi connectivity index (χ0) is 53.0. The number of hydrogen-bond acceptors (Lipinski definition) is 4. The first-order valence-corrected chi connectivity index (χ1v) is 29.3. The molecular formula is C68H108O4. The van der Waals surface area contributed by atoms with E-state index in [2.05, 4.69) is 174 Å². The van der Waals surface area contributed by atoms with Crippen LogP contribution >= 0.6 is 0 Å². The van der Waals surface area contributed by atoms with Crippen molar-refractivity contribution in [3.05, 3.63) is 130 Å². The van der Waals surface area contributed by atoms with Crippen molar-refractivity contribution < 1.29 is 19.1 Å². The van der Waals surface area contributed by atoms with Crippen LogP contribution in [0.5, 0.6) is 0 Å². The van der Waals surface area contributed by atoms with Gasteiger partial charge >= 0.3 is 11.9 Å². The first kappa shape index (κ1) is 64.2. The van der Waals surface area contributed by atoms with Gasteiger partial charge in [-0.2, -0.15) is 0 Å². The van der Waals surface area contributed by atoms with Crippen molar-refractivity contribution in [2.24, 2.45) is 16.7 Å². The third-order valence-corrected chi connectivity index (χ3v) is 14.8. The molecular weight excluding hydrogens is 881 g/mol. The summed E-state index contributed by atoms with van der Waals surface area (Å²) in [7, 11) is 0. The van der Waals surface area contributed by atoms with E-state index in [1.165, 1.54) is 155 Å². The first-order valence-electron chi connectivity index (χ1n) is 29.3. The third-order valence-electron chi connectivity index (χ3n) is 14.8. The highest BCUT2D eigenvalue weighted by molar-refractivity contribution is 5.70. The van der Waals surface area contributed by atoms with E-state index >= 15 is 0 Å². The van der Waals surface area contributed by atoms with Gasteiger partial charge in [0, 0.05) is 25.2 Å². The first-order chi connectivity index (χ1) is 34.5. The van der Waals surface area contributed by atoms with Crippen LogP contribution in [0.2, 0.25) is 0 Å². The Kier molecular flexibility index (Phi) is 33.7. The zero-order valence-electron chi connectivity index (χ0n) is 48.6. The zero-order valence-corrected chi connectivity index (χ0v) is 48.6. The van der Waals surface area contributed by atoms with E-state index in [4.69, 9.17) is 9.47 Å². The number of allylic oxidation sites excluding steroid dienone is 20. The number of ether oxygens (including phenoxy) is 2. The lowest BCUT2D eigenvalue weighted by molar-refractivity contribution is -0.151. The second-order valence-corrected chi connectivity index (χ2v) is 23.2. The Morgan fingerprint density at radius 2 is 0.931 bits per heavy atom. The highest BCUT2D eigenvalue weighted by Crippen LogP contribution is 2.44. The Balaban J connectivity index is 1.76. The van der Waals surface area contributed by atoms with E-state index in [1.807, 2.05) is 0 Å². The minimum absolute atomic E-state index is 0.00461. The molecule has 0 unspecified atom stereocenters. The summed E-state index contributed by atoms with van der Waals surface area (Å²) in [5, 5.41) is 0. The second-order valence-electron chi connectivity index (χ2n) is 23.2. The molecule has 2 aliphatic carbocycles. The molecule has 0 amide bonds. The molecule has 0 heterocycles. The van der Waals surface area contributed by atoms with E-state index in [-0.39, 0.29) is 35.0 Å². The molecule has 72 heavy (non-hydrogen) atoms. The summed E-state index contributed by atoms with van der Waals surface area (Å²) < 4.78 is 12.0. The maximum Gasteiger partial charge on any atom is 0.306 e. The van der Waals surface area contributed by atoms with Crippen molar-refractivity contribution in [3.8, 4) is 0 Å². The van der Waals surface area contributed by atoms with Crippen LogP contribution in [-0.4, -0.2) is 24.1 Å². The van der Waals surface area contributed by atoms with Crippen LogP contribution < -0.4 is 0 Å². The predicted molar refractivity (Wildman–Crippen MR) is 314 cm³/mol. The number of esters is 2. The Bertz CT molecular complexity index is 1910. The molecule has 0 aliphatic heterocycles. The fourth-order valence-electron chi connectivity index (χ4n) is 10.6. The highest BCUT2D eigenvalue weighted by atomic mass is 16.5. The Hall–Kier alpha value is -3.92. The van der Waals surface area contributed by atoms with Crippen molar-refractivity contribution in [2.45, 2.75) is 269 Å². The normalized spacial score (nSPS) is 20.3. The van der Waals surface area contributed by atoms with Gasteiger partial charge in [-0.3, -0.25) is 9.59 Å². The van der Waals surface area contributed by atoms with Crippen molar-refractivity contribution in [3.63, 3.8) is 0 Å². The molecule has 0 saturated heterocycles.